The Balaban J connectivity index is 1.82. The first kappa shape index (κ1) is 25.5. The molecule has 0 spiro atoms. The molecule has 7 nitrogen and oxygen atoms in total. The summed E-state index contributed by atoms with van der Waals surface area (Å²) in [5.41, 5.74) is 1.36. The van der Waals surface area contributed by atoms with Crippen LogP contribution in [0.4, 0.5) is 0 Å². The first-order chi connectivity index (χ1) is 16.0. The summed E-state index contributed by atoms with van der Waals surface area (Å²) < 4.78 is 10.3. The molecule has 0 aromatic heterocycles. The third kappa shape index (κ3) is 6.25. The Hall–Kier alpha value is -2.15. The molecule has 3 rings (SSSR count). The van der Waals surface area contributed by atoms with Gasteiger partial charge in [-0.15, -0.1) is 0 Å². The zero-order valence-corrected chi connectivity index (χ0v) is 20.3. The van der Waals surface area contributed by atoms with Crippen LogP contribution in [0, 0.1) is 11.3 Å². The van der Waals surface area contributed by atoms with Crippen LogP contribution in [0.2, 0.25) is 0 Å². The number of nitrogens with zero attached hydrogens (tertiary/aromatic N) is 1. The van der Waals surface area contributed by atoms with E-state index < -0.39 is 11.3 Å². The van der Waals surface area contributed by atoms with E-state index in [0.29, 0.717) is 32.5 Å². The second-order valence-electron chi connectivity index (χ2n) is 9.56. The largest absolute Gasteiger partial charge is 0.468 e. The number of carbonyl (C=O) groups is 3. The maximum atomic E-state index is 13.6. The molecule has 0 aromatic carbocycles. The fraction of sp³-hybridized carbons (Fsp3) is 0.731. The van der Waals surface area contributed by atoms with Crippen molar-refractivity contribution >= 4 is 17.8 Å². The number of rotatable bonds is 10. The van der Waals surface area contributed by atoms with Crippen LogP contribution < -0.4 is 5.32 Å². The zero-order valence-electron chi connectivity index (χ0n) is 20.3. The van der Waals surface area contributed by atoms with Crippen molar-refractivity contribution in [2.24, 2.45) is 11.3 Å². The van der Waals surface area contributed by atoms with Crippen LogP contribution in [0.5, 0.6) is 0 Å². The molecule has 2 aliphatic carbocycles. The van der Waals surface area contributed by atoms with E-state index in [2.05, 4.69) is 17.5 Å². The molecule has 1 aliphatic heterocycles. The maximum absolute atomic E-state index is 13.6. The van der Waals surface area contributed by atoms with Gasteiger partial charge in [0.2, 0.25) is 11.8 Å². The van der Waals surface area contributed by atoms with Crippen molar-refractivity contribution in [3.63, 3.8) is 0 Å². The van der Waals surface area contributed by atoms with Crippen molar-refractivity contribution in [1.29, 1.82) is 0 Å². The molecule has 0 unspecified atom stereocenters. The fourth-order valence-corrected chi connectivity index (χ4v) is 5.56. The Kier molecular flexibility index (Phi) is 9.53. The topological polar surface area (TPSA) is 84.9 Å². The van der Waals surface area contributed by atoms with Crippen LogP contribution in [0.3, 0.4) is 0 Å². The number of methoxy groups -OCH3 is 2. The summed E-state index contributed by atoms with van der Waals surface area (Å²) >= 11 is 0. The number of amides is 2. The molecular weight excluding hydrogens is 420 g/mol. The molecule has 33 heavy (non-hydrogen) atoms. The highest BCUT2D eigenvalue weighted by molar-refractivity contribution is 5.92. The number of likely N-dealkylation sites (tertiary alicyclic amines) is 1. The van der Waals surface area contributed by atoms with Crippen LogP contribution in [-0.2, 0) is 23.9 Å². The smallest absolute Gasteiger partial charge is 0.317 e. The van der Waals surface area contributed by atoms with E-state index in [4.69, 9.17) is 9.47 Å². The minimum atomic E-state index is -0.846. The van der Waals surface area contributed by atoms with Crippen LogP contribution in [0.1, 0.15) is 77.0 Å². The quantitative estimate of drug-likeness (QED) is 0.304. The van der Waals surface area contributed by atoms with Gasteiger partial charge in [0.25, 0.3) is 0 Å². The second kappa shape index (κ2) is 12.4. The predicted octanol–water partition coefficient (Wildman–Crippen LogP) is 3.89. The highest BCUT2D eigenvalue weighted by Gasteiger charge is 2.53. The van der Waals surface area contributed by atoms with Gasteiger partial charge in [0.05, 0.1) is 7.11 Å². The summed E-state index contributed by atoms with van der Waals surface area (Å²) in [5.74, 6) is -0.996. The summed E-state index contributed by atoms with van der Waals surface area (Å²) in [4.78, 5) is 41.3. The Morgan fingerprint density at radius 1 is 1.15 bits per heavy atom. The third-order valence-electron chi connectivity index (χ3n) is 7.28. The summed E-state index contributed by atoms with van der Waals surface area (Å²) in [5, 5.41) is 2.89. The van der Waals surface area contributed by atoms with E-state index in [0.717, 1.165) is 50.6 Å². The molecular formula is C26H40N2O5. The molecule has 7 heteroatoms. The predicted molar refractivity (Wildman–Crippen MR) is 126 cm³/mol. The number of nitrogens with one attached hydrogen (secondary N) is 1. The summed E-state index contributed by atoms with van der Waals surface area (Å²) in [6.07, 6.45) is 14.4. The Bertz CT molecular complexity index is 775. The van der Waals surface area contributed by atoms with Crippen LogP contribution >= 0.6 is 0 Å². The minimum absolute atomic E-state index is 0.0360. The first-order valence-electron chi connectivity index (χ1n) is 12.6. The van der Waals surface area contributed by atoms with E-state index in [9.17, 15) is 14.4 Å². The van der Waals surface area contributed by atoms with E-state index in [1.54, 1.807) is 7.11 Å². The van der Waals surface area contributed by atoms with Crippen molar-refractivity contribution in [2.45, 2.75) is 77.0 Å². The van der Waals surface area contributed by atoms with Crippen molar-refractivity contribution in [3.05, 3.63) is 23.4 Å². The van der Waals surface area contributed by atoms with Gasteiger partial charge >= 0.3 is 5.97 Å². The fourth-order valence-electron chi connectivity index (χ4n) is 5.56. The number of hydrogen-bond donors (Lipinski definition) is 1. The molecule has 1 saturated heterocycles. The maximum Gasteiger partial charge on any atom is 0.317 e. The Labute approximate surface area is 197 Å². The SMILES string of the molecule is COCCCNC(=O)C[C@@H]1C[C@@]2(C(=O)OC)CCCCC=C2N(CCC2=CCCCC2)C1=O. The van der Waals surface area contributed by atoms with Gasteiger partial charge in [-0.2, -0.15) is 0 Å². The standard InChI is InChI=1S/C26H40N2O5/c1-32-17-9-15-27-23(29)18-21-19-26(25(31)33-2)14-8-4-7-12-22(26)28(24(21)30)16-13-20-10-5-3-6-11-20/h10,12,21H,3-9,11,13-19H2,1-2H3,(H,27,29)/t21-,26+/m1/s1. The molecule has 2 atom stereocenters. The van der Waals surface area contributed by atoms with Gasteiger partial charge in [-0.25, -0.2) is 0 Å². The minimum Gasteiger partial charge on any atom is -0.468 e. The van der Waals surface area contributed by atoms with Crippen LogP contribution in [0.15, 0.2) is 23.4 Å². The average Bonchev–Trinajstić information content (AvgIpc) is 3.05. The Morgan fingerprint density at radius 2 is 1.94 bits per heavy atom. The molecule has 0 bridgehead atoms. The van der Waals surface area contributed by atoms with E-state index in [-0.39, 0.29) is 24.2 Å². The van der Waals surface area contributed by atoms with Crippen molar-refractivity contribution < 1.29 is 23.9 Å². The van der Waals surface area contributed by atoms with E-state index in [1.807, 2.05) is 4.90 Å². The lowest BCUT2D eigenvalue weighted by atomic mass is 9.69. The monoisotopic (exact) mass is 460 g/mol. The van der Waals surface area contributed by atoms with Crippen LogP contribution in [0.25, 0.3) is 0 Å². The second-order valence-corrected chi connectivity index (χ2v) is 9.56. The first-order valence-corrected chi connectivity index (χ1v) is 12.6. The number of hydrogen-bond acceptors (Lipinski definition) is 5. The lowest BCUT2D eigenvalue weighted by Crippen LogP contribution is -2.53. The lowest BCUT2D eigenvalue weighted by molar-refractivity contribution is -0.159. The molecule has 2 amide bonds. The number of esters is 1. The van der Waals surface area contributed by atoms with Gasteiger partial charge in [-0.05, 0) is 64.2 Å². The number of allylic oxidation sites excluding steroid dienone is 2. The van der Waals surface area contributed by atoms with Gasteiger partial charge in [0.1, 0.15) is 5.41 Å². The van der Waals surface area contributed by atoms with E-state index >= 15 is 0 Å². The van der Waals surface area contributed by atoms with Crippen LogP contribution in [-0.4, -0.2) is 56.6 Å². The van der Waals surface area contributed by atoms with E-state index in [1.165, 1.54) is 25.5 Å². The highest BCUT2D eigenvalue weighted by Crippen LogP contribution is 2.49. The summed E-state index contributed by atoms with van der Waals surface area (Å²) in [6, 6.07) is 0. The average molecular weight is 461 g/mol. The van der Waals surface area contributed by atoms with Gasteiger partial charge in [0.15, 0.2) is 0 Å². The van der Waals surface area contributed by atoms with Gasteiger partial charge in [-0.3, -0.25) is 14.4 Å². The molecule has 1 fully saturated rings. The van der Waals surface area contributed by atoms with Crippen molar-refractivity contribution in [1.82, 2.24) is 10.2 Å². The number of ether oxygens (including phenoxy) is 2. The Morgan fingerprint density at radius 3 is 2.67 bits per heavy atom. The van der Waals surface area contributed by atoms with Gasteiger partial charge in [0, 0.05) is 44.8 Å². The number of piperidine rings is 1. The molecule has 3 aliphatic rings. The molecule has 0 radical (unpaired) electrons. The van der Waals surface area contributed by atoms with Crippen molar-refractivity contribution in [2.75, 3.05) is 33.9 Å². The normalized spacial score (nSPS) is 25.5. The number of carbonyl (C=O) groups excluding carboxylic acids is 3. The molecule has 184 valence electrons. The molecule has 1 N–H and O–H groups in total. The van der Waals surface area contributed by atoms with Gasteiger partial charge < -0.3 is 19.7 Å². The summed E-state index contributed by atoms with van der Waals surface area (Å²) in [7, 11) is 3.05. The highest BCUT2D eigenvalue weighted by atomic mass is 16.5. The molecule has 0 aromatic rings. The molecule has 1 heterocycles. The van der Waals surface area contributed by atoms with Gasteiger partial charge in [-0.1, -0.05) is 24.1 Å². The van der Waals surface area contributed by atoms with Crippen molar-refractivity contribution in [3.8, 4) is 0 Å². The summed E-state index contributed by atoms with van der Waals surface area (Å²) in [6.45, 7) is 1.64. The zero-order chi connectivity index (χ0) is 23.7. The number of fused-ring (bicyclic) bond motifs is 1. The molecule has 0 saturated carbocycles. The third-order valence-corrected chi connectivity index (χ3v) is 7.28. The lowest BCUT2D eigenvalue weighted by Gasteiger charge is -2.46.